The number of rotatable bonds is 7. The SMILES string of the molecule is C=CC[NH2+]Cc1cc(OC)c(OC)cc1OC. The van der Waals surface area contributed by atoms with Gasteiger partial charge in [0.25, 0.3) is 0 Å². The van der Waals surface area contributed by atoms with Crippen molar-refractivity contribution >= 4 is 0 Å². The molecule has 0 unspecified atom stereocenters. The van der Waals surface area contributed by atoms with Gasteiger partial charge in [0.1, 0.15) is 12.3 Å². The lowest BCUT2D eigenvalue weighted by molar-refractivity contribution is -0.662. The third-order valence-electron chi connectivity index (χ3n) is 2.48. The fourth-order valence-corrected chi connectivity index (χ4v) is 1.61. The molecule has 17 heavy (non-hydrogen) atoms. The Morgan fingerprint density at radius 1 is 1.06 bits per heavy atom. The molecule has 0 saturated heterocycles. The van der Waals surface area contributed by atoms with Gasteiger partial charge in [0.05, 0.1) is 33.4 Å². The van der Waals surface area contributed by atoms with Crippen molar-refractivity contribution < 1.29 is 19.5 Å². The monoisotopic (exact) mass is 238 g/mol. The van der Waals surface area contributed by atoms with Gasteiger partial charge >= 0.3 is 0 Å². The maximum atomic E-state index is 5.34. The molecule has 2 N–H and O–H groups in total. The lowest BCUT2D eigenvalue weighted by Gasteiger charge is -2.13. The van der Waals surface area contributed by atoms with Gasteiger partial charge in [0.15, 0.2) is 11.5 Å². The van der Waals surface area contributed by atoms with Crippen LogP contribution in [-0.4, -0.2) is 27.9 Å². The van der Waals surface area contributed by atoms with E-state index < -0.39 is 0 Å². The fraction of sp³-hybridized carbons (Fsp3) is 0.385. The van der Waals surface area contributed by atoms with Gasteiger partial charge in [-0.1, -0.05) is 6.58 Å². The number of benzene rings is 1. The highest BCUT2D eigenvalue weighted by Gasteiger charge is 2.12. The summed E-state index contributed by atoms with van der Waals surface area (Å²) >= 11 is 0. The summed E-state index contributed by atoms with van der Waals surface area (Å²) in [4.78, 5) is 0. The second kappa shape index (κ2) is 6.81. The zero-order chi connectivity index (χ0) is 12.7. The molecule has 0 atom stereocenters. The first-order valence-corrected chi connectivity index (χ1v) is 5.48. The van der Waals surface area contributed by atoms with Crippen LogP contribution in [0.25, 0.3) is 0 Å². The molecular formula is C13H20NO3+. The van der Waals surface area contributed by atoms with Crippen LogP contribution in [0.1, 0.15) is 5.56 Å². The predicted octanol–water partition coefficient (Wildman–Crippen LogP) is 0.962. The average molecular weight is 238 g/mol. The van der Waals surface area contributed by atoms with Crippen molar-refractivity contribution in [2.45, 2.75) is 6.54 Å². The summed E-state index contributed by atoms with van der Waals surface area (Å²) < 4.78 is 15.8. The van der Waals surface area contributed by atoms with Crippen LogP contribution in [0, 0.1) is 0 Å². The van der Waals surface area contributed by atoms with Gasteiger partial charge in [-0.05, 0) is 12.1 Å². The highest BCUT2D eigenvalue weighted by molar-refractivity contribution is 5.50. The zero-order valence-electron chi connectivity index (χ0n) is 10.7. The second-order valence-corrected chi connectivity index (χ2v) is 3.54. The van der Waals surface area contributed by atoms with Crippen LogP contribution >= 0.6 is 0 Å². The lowest BCUT2D eigenvalue weighted by atomic mass is 10.1. The maximum Gasteiger partial charge on any atom is 0.164 e. The van der Waals surface area contributed by atoms with Crippen LogP contribution < -0.4 is 19.5 Å². The lowest BCUT2D eigenvalue weighted by Crippen LogP contribution is -2.82. The number of methoxy groups -OCH3 is 3. The summed E-state index contributed by atoms with van der Waals surface area (Å²) in [5.74, 6) is 2.20. The minimum atomic E-state index is 0.678. The van der Waals surface area contributed by atoms with E-state index in [1.165, 1.54) is 0 Å². The maximum absolute atomic E-state index is 5.34. The normalized spacial score (nSPS) is 9.82. The number of nitrogens with two attached hydrogens (primary N) is 1. The number of hydrogen-bond acceptors (Lipinski definition) is 3. The van der Waals surface area contributed by atoms with Gasteiger partial charge in [-0.15, -0.1) is 0 Å². The second-order valence-electron chi connectivity index (χ2n) is 3.54. The molecule has 0 amide bonds. The highest BCUT2D eigenvalue weighted by atomic mass is 16.5. The van der Waals surface area contributed by atoms with E-state index in [4.69, 9.17) is 14.2 Å². The molecule has 0 aliphatic rings. The van der Waals surface area contributed by atoms with Crippen molar-refractivity contribution in [3.05, 3.63) is 30.4 Å². The molecule has 1 rings (SSSR count). The first kappa shape index (κ1) is 13.4. The molecule has 0 spiro atoms. The van der Waals surface area contributed by atoms with E-state index in [0.29, 0.717) is 5.75 Å². The molecule has 94 valence electrons. The highest BCUT2D eigenvalue weighted by Crippen LogP contribution is 2.34. The third kappa shape index (κ3) is 3.39. The van der Waals surface area contributed by atoms with Crippen LogP contribution in [0.4, 0.5) is 0 Å². The first-order valence-electron chi connectivity index (χ1n) is 5.48. The van der Waals surface area contributed by atoms with Crippen LogP contribution in [0.3, 0.4) is 0 Å². The first-order chi connectivity index (χ1) is 8.26. The van der Waals surface area contributed by atoms with Crippen molar-refractivity contribution in [3.63, 3.8) is 0 Å². The molecule has 1 aromatic rings. The van der Waals surface area contributed by atoms with Crippen LogP contribution in [-0.2, 0) is 6.54 Å². The smallest absolute Gasteiger partial charge is 0.164 e. The molecule has 0 bridgehead atoms. The van der Waals surface area contributed by atoms with E-state index in [0.717, 1.165) is 30.2 Å². The largest absolute Gasteiger partial charge is 0.496 e. The molecule has 0 aliphatic carbocycles. The summed E-state index contributed by atoms with van der Waals surface area (Å²) in [5, 5.41) is 2.14. The van der Waals surface area contributed by atoms with E-state index in [1.54, 1.807) is 21.3 Å². The van der Waals surface area contributed by atoms with Crippen molar-refractivity contribution in [2.75, 3.05) is 27.9 Å². The summed E-state index contributed by atoms with van der Waals surface area (Å²) in [6.45, 7) is 5.38. The topological polar surface area (TPSA) is 44.3 Å². The van der Waals surface area contributed by atoms with Crippen LogP contribution in [0.15, 0.2) is 24.8 Å². The minimum Gasteiger partial charge on any atom is -0.496 e. The standard InChI is InChI=1S/C13H19NO3/c1-5-6-14-9-10-7-12(16-3)13(17-4)8-11(10)15-2/h5,7-8,14H,1,6,9H2,2-4H3/p+1. The quantitative estimate of drug-likeness (QED) is 0.568. The third-order valence-corrected chi connectivity index (χ3v) is 2.48. The van der Waals surface area contributed by atoms with Crippen molar-refractivity contribution in [1.29, 1.82) is 0 Å². The van der Waals surface area contributed by atoms with Gasteiger partial charge < -0.3 is 19.5 Å². The summed E-state index contributed by atoms with van der Waals surface area (Å²) in [7, 11) is 4.89. The molecule has 0 saturated carbocycles. The number of hydrogen-bond donors (Lipinski definition) is 1. The van der Waals surface area contributed by atoms with E-state index >= 15 is 0 Å². The minimum absolute atomic E-state index is 0.678. The van der Waals surface area contributed by atoms with Gasteiger partial charge in [-0.25, -0.2) is 0 Å². The Morgan fingerprint density at radius 2 is 1.65 bits per heavy atom. The molecule has 1 aromatic carbocycles. The predicted molar refractivity (Wildman–Crippen MR) is 66.8 cm³/mol. The molecule has 0 fully saturated rings. The molecule has 0 aromatic heterocycles. The van der Waals surface area contributed by atoms with Gasteiger partial charge in [0, 0.05) is 6.07 Å². The Kier molecular flexibility index (Phi) is 5.36. The van der Waals surface area contributed by atoms with Crippen molar-refractivity contribution in [1.82, 2.24) is 0 Å². The molecule has 0 radical (unpaired) electrons. The number of quaternary nitrogens is 1. The average Bonchev–Trinajstić information content (AvgIpc) is 2.38. The van der Waals surface area contributed by atoms with E-state index in [1.807, 2.05) is 18.2 Å². The molecule has 0 aliphatic heterocycles. The Labute approximate surface area is 102 Å². The van der Waals surface area contributed by atoms with E-state index in [9.17, 15) is 0 Å². The number of ether oxygens (including phenoxy) is 3. The molecule has 0 heterocycles. The zero-order valence-corrected chi connectivity index (χ0v) is 10.7. The summed E-state index contributed by atoms with van der Waals surface area (Å²) in [6.07, 6.45) is 1.87. The van der Waals surface area contributed by atoms with Gasteiger partial charge in [0.2, 0.25) is 0 Å². The fourth-order valence-electron chi connectivity index (χ4n) is 1.61. The summed E-state index contributed by atoms with van der Waals surface area (Å²) in [6, 6.07) is 3.78. The Morgan fingerprint density at radius 3 is 2.18 bits per heavy atom. The van der Waals surface area contributed by atoms with E-state index in [-0.39, 0.29) is 0 Å². The van der Waals surface area contributed by atoms with Gasteiger partial charge in [-0.2, -0.15) is 0 Å². The molecule has 4 heteroatoms. The van der Waals surface area contributed by atoms with Crippen molar-refractivity contribution in [2.24, 2.45) is 0 Å². The molecule has 4 nitrogen and oxygen atoms in total. The van der Waals surface area contributed by atoms with Crippen molar-refractivity contribution in [3.8, 4) is 17.2 Å². The van der Waals surface area contributed by atoms with E-state index in [2.05, 4.69) is 11.9 Å². The summed E-state index contributed by atoms with van der Waals surface area (Å²) in [5.41, 5.74) is 1.08. The Hall–Kier alpha value is -1.68. The Bertz CT molecular complexity index is 377. The molecular weight excluding hydrogens is 218 g/mol. The van der Waals surface area contributed by atoms with Crippen LogP contribution in [0.2, 0.25) is 0 Å². The Balaban J connectivity index is 2.97. The van der Waals surface area contributed by atoms with Gasteiger partial charge in [-0.3, -0.25) is 0 Å². The van der Waals surface area contributed by atoms with Crippen LogP contribution in [0.5, 0.6) is 17.2 Å².